The first-order chi connectivity index (χ1) is 7.09. The minimum absolute atomic E-state index is 0.593. The van der Waals surface area contributed by atoms with E-state index in [0.717, 1.165) is 29.7 Å². The van der Waals surface area contributed by atoms with Crippen molar-refractivity contribution in [2.45, 2.75) is 6.54 Å². The maximum absolute atomic E-state index is 5.75. The van der Waals surface area contributed by atoms with Gasteiger partial charge in [-0.15, -0.1) is 0 Å². The molecule has 0 amide bonds. The normalized spacial score (nSPS) is 10.9. The lowest BCUT2D eigenvalue weighted by molar-refractivity contribution is 0.400. The van der Waals surface area contributed by atoms with Gasteiger partial charge in [0.25, 0.3) is 0 Å². The van der Waals surface area contributed by atoms with Gasteiger partial charge in [-0.05, 0) is 36.1 Å². The summed E-state index contributed by atoms with van der Waals surface area (Å²) in [6.45, 7) is 2.71. The lowest BCUT2D eigenvalue weighted by Crippen LogP contribution is -2.26. The number of pyridine rings is 1. The predicted octanol–water partition coefficient (Wildman–Crippen LogP) is 1.08. The molecule has 0 atom stereocenters. The number of likely N-dealkylation sites (N-methyl/N-ethyl adjacent to an activating group) is 1. The third-order valence-corrected chi connectivity index (χ3v) is 2.45. The van der Waals surface area contributed by atoms with Crippen LogP contribution in [-0.2, 0) is 6.54 Å². The molecular formula is C10H17BrN4. The van der Waals surface area contributed by atoms with Gasteiger partial charge in [0.15, 0.2) is 0 Å². The number of rotatable bonds is 5. The Hall–Kier alpha value is -0.650. The van der Waals surface area contributed by atoms with Gasteiger partial charge in [-0.25, -0.2) is 4.98 Å². The highest BCUT2D eigenvalue weighted by molar-refractivity contribution is 9.10. The lowest BCUT2D eigenvalue weighted by atomic mass is 10.2. The van der Waals surface area contributed by atoms with Crippen molar-refractivity contribution < 1.29 is 0 Å². The first-order valence-corrected chi connectivity index (χ1v) is 5.64. The summed E-state index contributed by atoms with van der Waals surface area (Å²) in [7, 11) is 4.10. The van der Waals surface area contributed by atoms with Crippen LogP contribution in [0.15, 0.2) is 16.7 Å². The van der Waals surface area contributed by atoms with Crippen LogP contribution in [0.3, 0.4) is 0 Å². The van der Waals surface area contributed by atoms with Crippen molar-refractivity contribution in [1.82, 2.24) is 15.2 Å². The fourth-order valence-electron chi connectivity index (χ4n) is 1.16. The smallest absolute Gasteiger partial charge is 0.127 e. The zero-order valence-electron chi connectivity index (χ0n) is 9.13. The molecule has 0 radical (unpaired) electrons. The van der Waals surface area contributed by atoms with Gasteiger partial charge in [-0.2, -0.15) is 0 Å². The molecule has 4 nitrogen and oxygen atoms in total. The third-order valence-electron chi connectivity index (χ3n) is 2.02. The van der Waals surface area contributed by atoms with Crippen LogP contribution in [0.25, 0.3) is 0 Å². The summed E-state index contributed by atoms with van der Waals surface area (Å²) >= 11 is 3.37. The zero-order chi connectivity index (χ0) is 11.3. The summed E-state index contributed by atoms with van der Waals surface area (Å²) < 4.78 is 0.959. The van der Waals surface area contributed by atoms with Crippen molar-refractivity contribution in [2.75, 3.05) is 32.9 Å². The number of nitrogens with two attached hydrogens (primary N) is 1. The fraction of sp³-hybridized carbons (Fsp3) is 0.500. The van der Waals surface area contributed by atoms with Crippen LogP contribution in [-0.4, -0.2) is 37.1 Å². The van der Waals surface area contributed by atoms with Gasteiger partial charge in [-0.3, -0.25) is 0 Å². The molecule has 1 rings (SSSR count). The van der Waals surface area contributed by atoms with Gasteiger partial charge < -0.3 is 16.0 Å². The van der Waals surface area contributed by atoms with E-state index >= 15 is 0 Å². The standard InChI is InChI=1S/C10H17BrN4/c1-15(2)4-3-13-6-8-5-9(11)7-14-10(8)12/h5,7,13H,3-4,6H2,1-2H3,(H2,12,14). The van der Waals surface area contributed by atoms with Gasteiger partial charge in [0.2, 0.25) is 0 Å². The quantitative estimate of drug-likeness (QED) is 0.788. The van der Waals surface area contributed by atoms with Gasteiger partial charge >= 0.3 is 0 Å². The Kier molecular flexibility index (Phi) is 5.01. The fourth-order valence-corrected chi connectivity index (χ4v) is 1.54. The molecular weight excluding hydrogens is 256 g/mol. The molecule has 0 saturated heterocycles. The second kappa shape index (κ2) is 6.05. The van der Waals surface area contributed by atoms with Gasteiger partial charge in [0.1, 0.15) is 5.82 Å². The molecule has 0 bridgehead atoms. The van der Waals surface area contributed by atoms with Crippen molar-refractivity contribution in [2.24, 2.45) is 0 Å². The second-order valence-corrected chi connectivity index (χ2v) is 4.59. The molecule has 0 aliphatic heterocycles. The van der Waals surface area contributed by atoms with Crippen LogP contribution >= 0.6 is 15.9 Å². The number of hydrogen-bond donors (Lipinski definition) is 2. The molecule has 0 aliphatic carbocycles. The van der Waals surface area contributed by atoms with E-state index in [-0.39, 0.29) is 0 Å². The number of nitrogen functional groups attached to an aromatic ring is 1. The molecule has 0 unspecified atom stereocenters. The lowest BCUT2D eigenvalue weighted by Gasteiger charge is -2.11. The molecule has 1 aromatic rings. The van der Waals surface area contributed by atoms with Crippen molar-refractivity contribution in [3.8, 4) is 0 Å². The molecule has 0 aromatic carbocycles. The summed E-state index contributed by atoms with van der Waals surface area (Å²) in [5.74, 6) is 0.593. The number of anilines is 1. The first-order valence-electron chi connectivity index (χ1n) is 4.85. The first kappa shape index (κ1) is 12.4. The van der Waals surface area contributed by atoms with E-state index in [4.69, 9.17) is 5.73 Å². The summed E-state index contributed by atoms with van der Waals surface area (Å²) in [6, 6.07) is 1.99. The summed E-state index contributed by atoms with van der Waals surface area (Å²) in [4.78, 5) is 6.21. The van der Waals surface area contributed by atoms with Crippen molar-refractivity contribution in [3.63, 3.8) is 0 Å². The predicted molar refractivity (Wildman–Crippen MR) is 66.6 cm³/mol. The van der Waals surface area contributed by atoms with E-state index in [2.05, 4.69) is 45.2 Å². The van der Waals surface area contributed by atoms with E-state index in [9.17, 15) is 0 Å². The second-order valence-electron chi connectivity index (χ2n) is 3.68. The highest BCUT2D eigenvalue weighted by atomic mass is 79.9. The Morgan fingerprint density at radius 3 is 2.93 bits per heavy atom. The van der Waals surface area contributed by atoms with E-state index in [1.165, 1.54) is 0 Å². The Bertz CT molecular complexity index is 314. The molecule has 0 aliphatic rings. The Balaban J connectivity index is 2.40. The highest BCUT2D eigenvalue weighted by Gasteiger charge is 2.00. The van der Waals surface area contributed by atoms with E-state index in [1.807, 2.05) is 6.07 Å². The maximum Gasteiger partial charge on any atom is 0.127 e. The topological polar surface area (TPSA) is 54.2 Å². The van der Waals surface area contributed by atoms with Gasteiger partial charge in [0.05, 0.1) is 0 Å². The zero-order valence-corrected chi connectivity index (χ0v) is 10.7. The van der Waals surface area contributed by atoms with E-state index < -0.39 is 0 Å². The third kappa shape index (κ3) is 4.59. The van der Waals surface area contributed by atoms with Crippen molar-refractivity contribution in [1.29, 1.82) is 0 Å². The summed E-state index contributed by atoms with van der Waals surface area (Å²) in [5.41, 5.74) is 6.78. The molecule has 0 spiro atoms. The minimum Gasteiger partial charge on any atom is -0.383 e. The Morgan fingerprint density at radius 1 is 1.53 bits per heavy atom. The molecule has 15 heavy (non-hydrogen) atoms. The average molecular weight is 273 g/mol. The molecule has 0 saturated carbocycles. The highest BCUT2D eigenvalue weighted by Crippen LogP contribution is 2.14. The molecule has 1 aromatic heterocycles. The molecule has 5 heteroatoms. The summed E-state index contributed by atoms with van der Waals surface area (Å²) in [5, 5.41) is 3.32. The van der Waals surface area contributed by atoms with Crippen LogP contribution < -0.4 is 11.1 Å². The minimum atomic E-state index is 0.593. The average Bonchev–Trinajstić information content (AvgIpc) is 2.17. The van der Waals surface area contributed by atoms with Crippen LogP contribution in [0, 0.1) is 0 Å². The van der Waals surface area contributed by atoms with Crippen LogP contribution in [0.4, 0.5) is 5.82 Å². The Morgan fingerprint density at radius 2 is 2.27 bits per heavy atom. The Labute approximate surface area is 99.0 Å². The number of hydrogen-bond acceptors (Lipinski definition) is 4. The van der Waals surface area contributed by atoms with Crippen LogP contribution in [0.2, 0.25) is 0 Å². The molecule has 3 N–H and O–H groups in total. The van der Waals surface area contributed by atoms with Crippen LogP contribution in [0.1, 0.15) is 5.56 Å². The van der Waals surface area contributed by atoms with Gasteiger partial charge in [-0.1, -0.05) is 0 Å². The molecule has 0 fully saturated rings. The van der Waals surface area contributed by atoms with E-state index in [0.29, 0.717) is 5.82 Å². The number of aromatic nitrogens is 1. The van der Waals surface area contributed by atoms with Crippen molar-refractivity contribution >= 4 is 21.7 Å². The summed E-state index contributed by atoms with van der Waals surface area (Å²) in [6.07, 6.45) is 1.71. The maximum atomic E-state index is 5.75. The number of nitrogens with one attached hydrogen (secondary N) is 1. The molecule has 84 valence electrons. The number of halogens is 1. The van der Waals surface area contributed by atoms with Crippen molar-refractivity contribution in [3.05, 3.63) is 22.3 Å². The SMILES string of the molecule is CN(C)CCNCc1cc(Br)cnc1N. The monoisotopic (exact) mass is 272 g/mol. The van der Waals surface area contributed by atoms with E-state index in [1.54, 1.807) is 6.20 Å². The van der Waals surface area contributed by atoms with Gasteiger partial charge in [0, 0.05) is 35.9 Å². The number of nitrogens with zero attached hydrogens (tertiary/aromatic N) is 2. The molecule has 1 heterocycles. The largest absolute Gasteiger partial charge is 0.383 e. The van der Waals surface area contributed by atoms with Crippen LogP contribution in [0.5, 0.6) is 0 Å².